The van der Waals surface area contributed by atoms with Gasteiger partial charge in [-0.1, -0.05) is 0 Å². The van der Waals surface area contributed by atoms with Crippen molar-refractivity contribution < 1.29 is 4.79 Å². The predicted molar refractivity (Wildman–Crippen MR) is 69.4 cm³/mol. The molecular weight excluding hydrogens is 244 g/mol. The number of aromatic nitrogens is 2. The first-order chi connectivity index (χ1) is 9.27. The fourth-order valence-corrected chi connectivity index (χ4v) is 2.11. The highest BCUT2D eigenvalue weighted by atomic mass is 16.2. The SMILES string of the molecule is CCNC(=O)C1CNCCN1c1nnccc1C#N. The van der Waals surface area contributed by atoms with Crippen LogP contribution < -0.4 is 15.5 Å². The average molecular weight is 260 g/mol. The van der Waals surface area contributed by atoms with Crippen molar-refractivity contribution in [3.05, 3.63) is 17.8 Å². The molecule has 1 saturated heterocycles. The monoisotopic (exact) mass is 260 g/mol. The maximum Gasteiger partial charge on any atom is 0.244 e. The number of piperazine rings is 1. The van der Waals surface area contributed by atoms with Gasteiger partial charge in [0.25, 0.3) is 0 Å². The van der Waals surface area contributed by atoms with Crippen LogP contribution in [-0.2, 0) is 4.79 Å². The molecule has 7 nitrogen and oxygen atoms in total. The first-order valence-electron chi connectivity index (χ1n) is 6.24. The Morgan fingerprint density at radius 3 is 3.32 bits per heavy atom. The Morgan fingerprint density at radius 1 is 1.74 bits per heavy atom. The van der Waals surface area contributed by atoms with Gasteiger partial charge in [-0.25, -0.2) is 0 Å². The minimum atomic E-state index is -0.363. The van der Waals surface area contributed by atoms with E-state index in [-0.39, 0.29) is 11.9 Å². The van der Waals surface area contributed by atoms with E-state index in [2.05, 4.69) is 26.9 Å². The summed E-state index contributed by atoms with van der Waals surface area (Å²) >= 11 is 0. The number of hydrogen-bond acceptors (Lipinski definition) is 6. The van der Waals surface area contributed by atoms with Crippen LogP contribution in [0.2, 0.25) is 0 Å². The lowest BCUT2D eigenvalue weighted by Crippen LogP contribution is -2.58. The summed E-state index contributed by atoms with van der Waals surface area (Å²) < 4.78 is 0. The molecule has 1 amide bonds. The van der Waals surface area contributed by atoms with Crippen LogP contribution in [0, 0.1) is 11.3 Å². The molecule has 0 aromatic carbocycles. The molecule has 0 bridgehead atoms. The molecule has 7 heteroatoms. The molecule has 0 aliphatic carbocycles. The van der Waals surface area contributed by atoms with E-state index >= 15 is 0 Å². The van der Waals surface area contributed by atoms with E-state index in [0.29, 0.717) is 31.0 Å². The van der Waals surface area contributed by atoms with Crippen LogP contribution in [0.15, 0.2) is 12.3 Å². The van der Waals surface area contributed by atoms with Gasteiger partial charge in [-0.15, -0.1) is 5.10 Å². The van der Waals surface area contributed by atoms with Gasteiger partial charge in [0, 0.05) is 26.2 Å². The molecule has 2 N–H and O–H groups in total. The highest BCUT2D eigenvalue weighted by Gasteiger charge is 2.30. The van der Waals surface area contributed by atoms with Crippen LogP contribution in [-0.4, -0.2) is 48.3 Å². The smallest absolute Gasteiger partial charge is 0.244 e. The molecule has 100 valence electrons. The lowest BCUT2D eigenvalue weighted by atomic mass is 10.1. The summed E-state index contributed by atoms with van der Waals surface area (Å²) in [5.41, 5.74) is 0.436. The standard InChI is InChI=1S/C12H16N6O/c1-2-15-12(19)10-8-14-5-6-18(10)11-9(7-13)3-4-16-17-11/h3-4,10,14H,2,5-6,8H2,1H3,(H,15,19). The van der Waals surface area contributed by atoms with E-state index in [0.717, 1.165) is 6.54 Å². The zero-order chi connectivity index (χ0) is 13.7. The zero-order valence-corrected chi connectivity index (χ0v) is 10.8. The number of amides is 1. The summed E-state index contributed by atoms with van der Waals surface area (Å²) in [4.78, 5) is 13.9. The Morgan fingerprint density at radius 2 is 2.58 bits per heavy atom. The van der Waals surface area contributed by atoms with Crippen LogP contribution in [0.1, 0.15) is 12.5 Å². The highest BCUT2D eigenvalue weighted by molar-refractivity contribution is 5.85. The van der Waals surface area contributed by atoms with Gasteiger partial charge < -0.3 is 15.5 Å². The summed E-state index contributed by atoms with van der Waals surface area (Å²) in [6.45, 7) is 4.36. The minimum Gasteiger partial charge on any atom is -0.355 e. The lowest BCUT2D eigenvalue weighted by Gasteiger charge is -2.35. The third kappa shape index (κ3) is 2.80. The van der Waals surface area contributed by atoms with E-state index < -0.39 is 0 Å². The second-order valence-electron chi connectivity index (χ2n) is 4.19. The molecule has 0 saturated carbocycles. The topological polar surface area (TPSA) is 93.9 Å². The summed E-state index contributed by atoms with van der Waals surface area (Å²) in [5.74, 6) is 0.409. The third-order valence-corrected chi connectivity index (χ3v) is 2.99. The predicted octanol–water partition coefficient (Wildman–Crippen LogP) is -0.737. The molecule has 1 aliphatic rings. The molecule has 2 heterocycles. The van der Waals surface area contributed by atoms with Crippen molar-refractivity contribution in [2.24, 2.45) is 0 Å². The quantitative estimate of drug-likeness (QED) is 0.743. The minimum absolute atomic E-state index is 0.0655. The second-order valence-corrected chi connectivity index (χ2v) is 4.19. The third-order valence-electron chi connectivity index (χ3n) is 2.99. The summed E-state index contributed by atoms with van der Waals surface area (Å²) in [6.07, 6.45) is 1.48. The van der Waals surface area contributed by atoms with Gasteiger partial charge in [0.05, 0.1) is 11.8 Å². The summed E-state index contributed by atoms with van der Waals surface area (Å²) in [6, 6.07) is 3.33. The number of carbonyl (C=O) groups excluding carboxylic acids is 1. The normalized spacial score (nSPS) is 18.7. The summed E-state index contributed by atoms with van der Waals surface area (Å²) in [7, 11) is 0. The van der Waals surface area contributed by atoms with Crippen molar-refractivity contribution in [1.82, 2.24) is 20.8 Å². The number of nitriles is 1. The Kier molecular flexibility index (Phi) is 4.26. The molecule has 2 rings (SSSR count). The molecule has 0 radical (unpaired) electrons. The largest absolute Gasteiger partial charge is 0.355 e. The van der Waals surface area contributed by atoms with Gasteiger partial charge in [-0.3, -0.25) is 4.79 Å². The van der Waals surface area contributed by atoms with Gasteiger partial charge >= 0.3 is 0 Å². The molecular formula is C12H16N6O. The number of carbonyl (C=O) groups is 1. The number of likely N-dealkylation sites (N-methyl/N-ethyl adjacent to an activating group) is 1. The van der Waals surface area contributed by atoms with Gasteiger partial charge in [-0.2, -0.15) is 10.4 Å². The second kappa shape index (κ2) is 6.11. The number of rotatable bonds is 3. The van der Waals surface area contributed by atoms with Crippen molar-refractivity contribution in [3.63, 3.8) is 0 Å². The van der Waals surface area contributed by atoms with Gasteiger partial charge in [-0.05, 0) is 13.0 Å². The zero-order valence-electron chi connectivity index (χ0n) is 10.8. The Bertz CT molecular complexity index is 497. The molecule has 19 heavy (non-hydrogen) atoms. The number of nitrogens with zero attached hydrogens (tertiary/aromatic N) is 4. The Balaban J connectivity index is 2.29. The van der Waals surface area contributed by atoms with E-state index in [1.165, 1.54) is 6.20 Å². The highest BCUT2D eigenvalue weighted by Crippen LogP contribution is 2.19. The van der Waals surface area contributed by atoms with Crippen molar-refractivity contribution in [2.45, 2.75) is 13.0 Å². The number of anilines is 1. The van der Waals surface area contributed by atoms with Crippen molar-refractivity contribution in [3.8, 4) is 6.07 Å². The van der Waals surface area contributed by atoms with Crippen molar-refractivity contribution >= 4 is 11.7 Å². The van der Waals surface area contributed by atoms with Crippen molar-refractivity contribution in [1.29, 1.82) is 5.26 Å². The van der Waals surface area contributed by atoms with Crippen LogP contribution in [0.4, 0.5) is 5.82 Å². The molecule has 1 fully saturated rings. The fourth-order valence-electron chi connectivity index (χ4n) is 2.11. The fraction of sp³-hybridized carbons (Fsp3) is 0.500. The lowest BCUT2D eigenvalue weighted by molar-refractivity contribution is -0.122. The molecule has 1 aliphatic heterocycles. The van der Waals surface area contributed by atoms with E-state index in [1.807, 2.05) is 11.8 Å². The molecule has 1 unspecified atom stereocenters. The average Bonchev–Trinajstić information content (AvgIpc) is 2.47. The number of nitrogens with one attached hydrogen (secondary N) is 2. The number of hydrogen-bond donors (Lipinski definition) is 2. The van der Waals surface area contributed by atoms with Gasteiger partial charge in [0.1, 0.15) is 12.1 Å². The van der Waals surface area contributed by atoms with Gasteiger partial charge in [0.2, 0.25) is 5.91 Å². The first-order valence-corrected chi connectivity index (χ1v) is 6.24. The maximum atomic E-state index is 12.1. The van der Waals surface area contributed by atoms with E-state index in [4.69, 9.17) is 5.26 Å². The Hall–Kier alpha value is -2.20. The van der Waals surface area contributed by atoms with Crippen LogP contribution >= 0.6 is 0 Å². The maximum absolute atomic E-state index is 12.1. The van der Waals surface area contributed by atoms with Crippen molar-refractivity contribution in [2.75, 3.05) is 31.1 Å². The van der Waals surface area contributed by atoms with Crippen LogP contribution in [0.25, 0.3) is 0 Å². The van der Waals surface area contributed by atoms with Gasteiger partial charge in [0.15, 0.2) is 5.82 Å². The summed E-state index contributed by atoms with van der Waals surface area (Å²) in [5, 5.41) is 22.9. The Labute approximate surface area is 111 Å². The van der Waals surface area contributed by atoms with E-state index in [9.17, 15) is 4.79 Å². The molecule has 1 aromatic rings. The van der Waals surface area contributed by atoms with Crippen LogP contribution in [0.3, 0.4) is 0 Å². The molecule has 1 atom stereocenters. The first kappa shape index (κ1) is 13.2. The van der Waals surface area contributed by atoms with E-state index in [1.54, 1.807) is 6.07 Å². The molecule has 0 spiro atoms. The van der Waals surface area contributed by atoms with Crippen LogP contribution in [0.5, 0.6) is 0 Å². The molecule has 1 aromatic heterocycles.